The highest BCUT2D eigenvalue weighted by molar-refractivity contribution is 6.32. The Hall–Kier alpha value is -2.34. The van der Waals surface area contributed by atoms with Crippen molar-refractivity contribution in [2.75, 3.05) is 7.05 Å². The van der Waals surface area contributed by atoms with Gasteiger partial charge in [0.05, 0.1) is 17.7 Å². The van der Waals surface area contributed by atoms with Gasteiger partial charge in [0.2, 0.25) is 0 Å². The Balaban J connectivity index is 2.20. The van der Waals surface area contributed by atoms with Crippen LogP contribution in [0.4, 0.5) is 5.69 Å². The first-order chi connectivity index (χ1) is 9.49. The van der Waals surface area contributed by atoms with Crippen LogP contribution in [0.3, 0.4) is 0 Å². The highest BCUT2D eigenvalue weighted by Crippen LogP contribution is 2.25. The van der Waals surface area contributed by atoms with Crippen LogP contribution in [0.25, 0.3) is 0 Å². The molecule has 1 aromatic heterocycles. The molecule has 104 valence electrons. The third-order valence-electron chi connectivity index (χ3n) is 2.71. The van der Waals surface area contributed by atoms with Gasteiger partial charge in [-0.3, -0.25) is 14.9 Å². The van der Waals surface area contributed by atoms with Crippen molar-refractivity contribution in [2.24, 2.45) is 0 Å². The predicted molar refractivity (Wildman–Crippen MR) is 72.6 cm³/mol. The third kappa shape index (κ3) is 2.97. The van der Waals surface area contributed by atoms with E-state index in [0.717, 1.165) is 0 Å². The number of benzene rings is 1. The second kappa shape index (κ2) is 5.75. The number of carbonyl (C=O) groups excluding carboxylic acids is 1. The Bertz CT molecular complexity index is 640. The van der Waals surface area contributed by atoms with Gasteiger partial charge >= 0.3 is 0 Å². The fourth-order valence-corrected chi connectivity index (χ4v) is 1.90. The fourth-order valence-electron chi connectivity index (χ4n) is 1.71. The van der Waals surface area contributed by atoms with Crippen LogP contribution in [0.1, 0.15) is 16.1 Å². The lowest BCUT2D eigenvalue weighted by atomic mass is 10.1. The van der Waals surface area contributed by atoms with E-state index in [9.17, 15) is 14.9 Å². The minimum absolute atomic E-state index is 0.000220. The van der Waals surface area contributed by atoms with Crippen LogP contribution in [0.2, 0.25) is 5.02 Å². The van der Waals surface area contributed by atoms with E-state index >= 15 is 0 Å². The normalized spacial score (nSPS) is 10.3. The highest BCUT2D eigenvalue weighted by atomic mass is 35.5. The van der Waals surface area contributed by atoms with Gasteiger partial charge in [0.25, 0.3) is 11.6 Å². The Kier molecular flexibility index (Phi) is 4.05. The van der Waals surface area contributed by atoms with Gasteiger partial charge in [-0.15, -0.1) is 0 Å². The maximum atomic E-state index is 12.2. The predicted octanol–water partition coefficient (Wildman–Crippen LogP) is 3.11. The zero-order chi connectivity index (χ0) is 14.7. The van der Waals surface area contributed by atoms with E-state index in [2.05, 4.69) is 0 Å². The van der Waals surface area contributed by atoms with Crippen molar-refractivity contribution in [3.63, 3.8) is 0 Å². The monoisotopic (exact) mass is 294 g/mol. The van der Waals surface area contributed by atoms with Crippen LogP contribution < -0.4 is 0 Å². The summed E-state index contributed by atoms with van der Waals surface area (Å²) in [6.07, 6.45) is 1.51. The summed E-state index contributed by atoms with van der Waals surface area (Å²) in [7, 11) is 1.59. The molecule has 0 saturated carbocycles. The van der Waals surface area contributed by atoms with E-state index in [1.165, 1.54) is 29.4 Å². The number of nitrogens with zero attached hydrogens (tertiary/aromatic N) is 2. The van der Waals surface area contributed by atoms with Gasteiger partial charge in [-0.2, -0.15) is 0 Å². The maximum absolute atomic E-state index is 12.2. The standard InChI is InChI=1S/C13H11ClN2O4/c1-15(8-10-3-2-6-20-10)13(17)9-4-5-11(14)12(7-9)16(18)19/h2-7H,8H2,1H3. The number of hydrogen-bond acceptors (Lipinski definition) is 4. The largest absolute Gasteiger partial charge is 0.467 e. The molecule has 0 aliphatic rings. The van der Waals surface area contributed by atoms with Crippen LogP contribution in [0, 0.1) is 10.1 Å². The van der Waals surface area contributed by atoms with Crippen molar-refractivity contribution in [1.82, 2.24) is 4.90 Å². The molecule has 1 amide bonds. The zero-order valence-corrected chi connectivity index (χ0v) is 11.3. The molecule has 2 aromatic rings. The second-order valence-electron chi connectivity index (χ2n) is 4.16. The lowest BCUT2D eigenvalue weighted by molar-refractivity contribution is -0.384. The molecule has 0 radical (unpaired) electrons. The quantitative estimate of drug-likeness (QED) is 0.641. The molecule has 0 atom stereocenters. The number of rotatable bonds is 4. The number of nitro benzene ring substituents is 1. The van der Waals surface area contributed by atoms with Gasteiger partial charge < -0.3 is 9.32 Å². The van der Waals surface area contributed by atoms with E-state index in [-0.39, 0.29) is 28.7 Å². The Morgan fingerprint density at radius 3 is 2.80 bits per heavy atom. The smallest absolute Gasteiger partial charge is 0.288 e. The highest BCUT2D eigenvalue weighted by Gasteiger charge is 2.19. The summed E-state index contributed by atoms with van der Waals surface area (Å²) in [5, 5.41) is 10.8. The fraction of sp³-hybridized carbons (Fsp3) is 0.154. The summed E-state index contributed by atoms with van der Waals surface area (Å²) < 4.78 is 5.15. The van der Waals surface area contributed by atoms with Gasteiger partial charge in [-0.05, 0) is 24.3 Å². The van der Waals surface area contributed by atoms with Gasteiger partial charge in [0.1, 0.15) is 10.8 Å². The van der Waals surface area contributed by atoms with E-state index in [4.69, 9.17) is 16.0 Å². The SMILES string of the molecule is CN(Cc1ccco1)C(=O)c1ccc(Cl)c([N+](=O)[O-])c1. The van der Waals surface area contributed by atoms with Gasteiger partial charge in [-0.25, -0.2) is 0 Å². The molecule has 1 aromatic carbocycles. The average Bonchev–Trinajstić information content (AvgIpc) is 2.91. The molecule has 0 bridgehead atoms. The first kappa shape index (κ1) is 14.1. The second-order valence-corrected chi connectivity index (χ2v) is 4.57. The molecule has 0 N–H and O–H groups in total. The van der Waals surface area contributed by atoms with Gasteiger partial charge in [-0.1, -0.05) is 11.6 Å². The molecule has 0 aliphatic carbocycles. The molecule has 0 spiro atoms. The molecule has 7 heteroatoms. The molecular formula is C13H11ClN2O4. The maximum Gasteiger partial charge on any atom is 0.288 e. The molecule has 0 unspecified atom stereocenters. The van der Waals surface area contributed by atoms with Crippen molar-refractivity contribution in [3.05, 3.63) is 63.1 Å². The van der Waals surface area contributed by atoms with Gasteiger partial charge in [0.15, 0.2) is 0 Å². The molecule has 20 heavy (non-hydrogen) atoms. The summed E-state index contributed by atoms with van der Waals surface area (Å²) in [6, 6.07) is 7.43. The number of furan rings is 1. The molecule has 1 heterocycles. The summed E-state index contributed by atoms with van der Waals surface area (Å²) in [4.78, 5) is 23.8. The van der Waals surface area contributed by atoms with Crippen LogP contribution in [-0.4, -0.2) is 22.8 Å². The number of amides is 1. The lowest BCUT2D eigenvalue weighted by Gasteiger charge is -2.15. The number of nitro groups is 1. The van der Waals surface area contributed by atoms with Crippen molar-refractivity contribution >= 4 is 23.2 Å². The number of hydrogen-bond donors (Lipinski definition) is 0. The minimum Gasteiger partial charge on any atom is -0.467 e. The Labute approximate surface area is 119 Å². The lowest BCUT2D eigenvalue weighted by Crippen LogP contribution is -2.26. The summed E-state index contributed by atoms with van der Waals surface area (Å²) in [5.74, 6) is 0.283. The van der Waals surface area contributed by atoms with Crippen LogP contribution in [-0.2, 0) is 6.54 Å². The van der Waals surface area contributed by atoms with Crippen molar-refractivity contribution in [2.45, 2.75) is 6.54 Å². The third-order valence-corrected chi connectivity index (χ3v) is 3.03. The van der Waals surface area contributed by atoms with E-state index < -0.39 is 4.92 Å². The van der Waals surface area contributed by atoms with Crippen LogP contribution >= 0.6 is 11.6 Å². The van der Waals surface area contributed by atoms with Crippen molar-refractivity contribution in [1.29, 1.82) is 0 Å². The average molecular weight is 295 g/mol. The van der Waals surface area contributed by atoms with Gasteiger partial charge in [0, 0.05) is 18.7 Å². The summed E-state index contributed by atoms with van der Waals surface area (Å²) >= 11 is 5.71. The number of halogens is 1. The zero-order valence-electron chi connectivity index (χ0n) is 10.6. The molecule has 0 aliphatic heterocycles. The minimum atomic E-state index is -0.619. The van der Waals surface area contributed by atoms with E-state index in [0.29, 0.717) is 5.76 Å². The van der Waals surface area contributed by atoms with E-state index in [1.54, 1.807) is 19.2 Å². The van der Waals surface area contributed by atoms with Crippen LogP contribution in [0.15, 0.2) is 41.0 Å². The van der Waals surface area contributed by atoms with Crippen molar-refractivity contribution in [3.8, 4) is 0 Å². The van der Waals surface area contributed by atoms with Crippen molar-refractivity contribution < 1.29 is 14.1 Å². The Morgan fingerprint density at radius 2 is 2.20 bits per heavy atom. The van der Waals surface area contributed by atoms with Crippen LogP contribution in [0.5, 0.6) is 0 Å². The molecule has 0 fully saturated rings. The molecular weight excluding hydrogens is 284 g/mol. The first-order valence-corrected chi connectivity index (χ1v) is 6.08. The molecule has 6 nitrogen and oxygen atoms in total. The van der Waals surface area contributed by atoms with E-state index in [1.807, 2.05) is 0 Å². The molecule has 0 saturated heterocycles. The Morgan fingerprint density at radius 1 is 1.45 bits per heavy atom. The topological polar surface area (TPSA) is 76.6 Å². The summed E-state index contributed by atoms with van der Waals surface area (Å²) in [6.45, 7) is 0.280. The molecule has 2 rings (SSSR count). The summed E-state index contributed by atoms with van der Waals surface area (Å²) in [5.41, 5.74) is -0.0842. The first-order valence-electron chi connectivity index (χ1n) is 5.71. The number of carbonyl (C=O) groups is 1.